The second kappa shape index (κ2) is 10.5. The Balaban J connectivity index is 2.55. The third-order valence-electron chi connectivity index (χ3n) is 3.75. The van der Waals surface area contributed by atoms with Crippen molar-refractivity contribution in [3.8, 4) is 5.75 Å². The van der Waals surface area contributed by atoms with E-state index in [1.54, 1.807) is 25.0 Å². The van der Waals surface area contributed by atoms with E-state index >= 15 is 0 Å². The Kier molecular flexibility index (Phi) is 8.61. The van der Waals surface area contributed by atoms with Crippen LogP contribution in [-0.4, -0.2) is 43.0 Å². The van der Waals surface area contributed by atoms with Gasteiger partial charge in [0, 0.05) is 19.2 Å². The van der Waals surface area contributed by atoms with Crippen LogP contribution >= 0.6 is 0 Å². The van der Waals surface area contributed by atoms with Crippen molar-refractivity contribution in [2.75, 3.05) is 20.2 Å². The standard InChI is InChI=1S/C19H28N2O3/c1-5-7-14-21(6-2)19(23)15(3)20-18(22)13-10-16-8-11-17(24-4)12-9-16/h8-13,15H,5-7,14H2,1-4H3,(H,20,22)/b13-10+/t15-/m1/s1. The van der Waals surface area contributed by atoms with Crippen molar-refractivity contribution in [3.05, 3.63) is 35.9 Å². The van der Waals surface area contributed by atoms with Crippen LogP contribution in [0.15, 0.2) is 30.3 Å². The molecule has 1 N–H and O–H groups in total. The van der Waals surface area contributed by atoms with Crippen LogP contribution in [0.5, 0.6) is 5.75 Å². The van der Waals surface area contributed by atoms with Gasteiger partial charge in [0.2, 0.25) is 11.8 Å². The molecule has 0 saturated heterocycles. The number of benzene rings is 1. The lowest BCUT2D eigenvalue weighted by molar-refractivity contribution is -0.135. The number of likely N-dealkylation sites (N-methyl/N-ethyl adjacent to an activating group) is 1. The zero-order chi connectivity index (χ0) is 17.9. The maximum absolute atomic E-state index is 12.3. The van der Waals surface area contributed by atoms with Crippen molar-refractivity contribution in [1.29, 1.82) is 0 Å². The SMILES string of the molecule is CCCCN(CC)C(=O)[C@@H](C)NC(=O)/C=C/c1ccc(OC)cc1. The Hall–Kier alpha value is -2.30. The molecule has 5 heteroatoms. The van der Waals surface area contributed by atoms with E-state index < -0.39 is 6.04 Å². The summed E-state index contributed by atoms with van der Waals surface area (Å²) in [5.41, 5.74) is 0.892. The fourth-order valence-corrected chi connectivity index (χ4v) is 2.26. The molecule has 0 aliphatic heterocycles. The second-order valence-corrected chi connectivity index (χ2v) is 5.61. The fraction of sp³-hybridized carbons (Fsp3) is 0.474. The first kappa shape index (κ1) is 19.7. The molecule has 1 rings (SSSR count). The van der Waals surface area contributed by atoms with E-state index in [0.29, 0.717) is 6.54 Å². The second-order valence-electron chi connectivity index (χ2n) is 5.61. The zero-order valence-electron chi connectivity index (χ0n) is 15.0. The minimum absolute atomic E-state index is 0.0443. The van der Waals surface area contributed by atoms with Gasteiger partial charge in [-0.3, -0.25) is 9.59 Å². The smallest absolute Gasteiger partial charge is 0.244 e. The number of amides is 2. The predicted octanol–water partition coefficient (Wildman–Crippen LogP) is 2.86. The number of carbonyl (C=O) groups is 2. The first-order chi connectivity index (χ1) is 11.5. The van der Waals surface area contributed by atoms with Gasteiger partial charge < -0.3 is 15.0 Å². The molecule has 0 spiro atoms. The van der Waals surface area contributed by atoms with Crippen molar-refractivity contribution < 1.29 is 14.3 Å². The van der Waals surface area contributed by atoms with Gasteiger partial charge in [0.15, 0.2) is 0 Å². The summed E-state index contributed by atoms with van der Waals surface area (Å²) in [5.74, 6) is 0.443. The van der Waals surface area contributed by atoms with E-state index in [2.05, 4.69) is 12.2 Å². The van der Waals surface area contributed by atoms with Crippen molar-refractivity contribution in [2.24, 2.45) is 0 Å². The molecule has 1 aromatic carbocycles. The van der Waals surface area contributed by atoms with E-state index in [0.717, 1.165) is 30.7 Å². The molecule has 0 saturated carbocycles. The molecule has 24 heavy (non-hydrogen) atoms. The summed E-state index contributed by atoms with van der Waals surface area (Å²) >= 11 is 0. The molecular weight excluding hydrogens is 304 g/mol. The van der Waals surface area contributed by atoms with Crippen molar-refractivity contribution in [2.45, 2.75) is 39.7 Å². The first-order valence-corrected chi connectivity index (χ1v) is 8.43. The van der Waals surface area contributed by atoms with Crippen LogP contribution in [0, 0.1) is 0 Å². The third-order valence-corrected chi connectivity index (χ3v) is 3.75. The average Bonchev–Trinajstić information content (AvgIpc) is 2.60. The van der Waals surface area contributed by atoms with Gasteiger partial charge in [-0.1, -0.05) is 25.5 Å². The molecule has 2 amide bonds. The predicted molar refractivity (Wildman–Crippen MR) is 96.8 cm³/mol. The van der Waals surface area contributed by atoms with E-state index in [1.807, 2.05) is 31.2 Å². The molecule has 132 valence electrons. The molecule has 0 aliphatic carbocycles. The fourth-order valence-electron chi connectivity index (χ4n) is 2.26. The van der Waals surface area contributed by atoms with Crippen LogP contribution in [0.2, 0.25) is 0 Å². The lowest BCUT2D eigenvalue weighted by atomic mass is 10.2. The Bertz CT molecular complexity index is 552. The molecule has 0 radical (unpaired) electrons. The molecule has 0 heterocycles. The maximum atomic E-state index is 12.3. The molecular formula is C19H28N2O3. The summed E-state index contributed by atoms with van der Waals surface area (Å²) < 4.78 is 5.09. The maximum Gasteiger partial charge on any atom is 0.244 e. The van der Waals surface area contributed by atoms with Crippen molar-refractivity contribution in [1.82, 2.24) is 10.2 Å². The first-order valence-electron chi connectivity index (χ1n) is 8.43. The van der Waals surface area contributed by atoms with Gasteiger partial charge in [-0.2, -0.15) is 0 Å². The molecule has 1 atom stereocenters. The Labute approximate surface area is 144 Å². The molecule has 0 bridgehead atoms. The molecule has 0 aliphatic rings. The third kappa shape index (κ3) is 6.44. The monoisotopic (exact) mass is 332 g/mol. The highest BCUT2D eigenvalue weighted by Gasteiger charge is 2.19. The van der Waals surface area contributed by atoms with Crippen LogP contribution < -0.4 is 10.1 Å². The van der Waals surface area contributed by atoms with Crippen LogP contribution in [-0.2, 0) is 9.59 Å². The number of ether oxygens (including phenoxy) is 1. The summed E-state index contributed by atoms with van der Waals surface area (Å²) in [5, 5.41) is 2.72. The molecule has 0 unspecified atom stereocenters. The molecule has 5 nitrogen and oxygen atoms in total. The zero-order valence-corrected chi connectivity index (χ0v) is 15.0. The topological polar surface area (TPSA) is 58.6 Å². The van der Waals surface area contributed by atoms with Gasteiger partial charge in [-0.25, -0.2) is 0 Å². The van der Waals surface area contributed by atoms with E-state index in [-0.39, 0.29) is 11.8 Å². The van der Waals surface area contributed by atoms with Crippen LogP contribution in [0.1, 0.15) is 39.2 Å². The van der Waals surface area contributed by atoms with E-state index in [9.17, 15) is 9.59 Å². The van der Waals surface area contributed by atoms with Crippen LogP contribution in [0.3, 0.4) is 0 Å². The molecule has 0 fully saturated rings. The number of carbonyl (C=O) groups excluding carboxylic acids is 2. The van der Waals surface area contributed by atoms with Crippen molar-refractivity contribution >= 4 is 17.9 Å². The van der Waals surface area contributed by atoms with Gasteiger partial charge >= 0.3 is 0 Å². The van der Waals surface area contributed by atoms with Gasteiger partial charge in [0.1, 0.15) is 11.8 Å². The lowest BCUT2D eigenvalue weighted by Crippen LogP contribution is -2.46. The van der Waals surface area contributed by atoms with Gasteiger partial charge in [0.25, 0.3) is 0 Å². The summed E-state index contributed by atoms with van der Waals surface area (Å²) in [6.45, 7) is 7.14. The highest BCUT2D eigenvalue weighted by Crippen LogP contribution is 2.12. The molecule has 0 aromatic heterocycles. The normalized spacial score (nSPS) is 12.0. The number of hydrogen-bond donors (Lipinski definition) is 1. The number of nitrogens with zero attached hydrogens (tertiary/aromatic N) is 1. The Morgan fingerprint density at radius 1 is 1.25 bits per heavy atom. The summed E-state index contributed by atoms with van der Waals surface area (Å²) in [6.07, 6.45) is 5.15. The van der Waals surface area contributed by atoms with Gasteiger partial charge in [-0.05, 0) is 44.0 Å². The summed E-state index contributed by atoms with van der Waals surface area (Å²) in [6, 6.07) is 6.85. The van der Waals surface area contributed by atoms with Crippen LogP contribution in [0.4, 0.5) is 0 Å². The lowest BCUT2D eigenvalue weighted by Gasteiger charge is -2.24. The Morgan fingerprint density at radius 3 is 2.46 bits per heavy atom. The Morgan fingerprint density at radius 2 is 1.92 bits per heavy atom. The van der Waals surface area contributed by atoms with E-state index in [1.165, 1.54) is 6.08 Å². The number of hydrogen-bond acceptors (Lipinski definition) is 3. The highest BCUT2D eigenvalue weighted by atomic mass is 16.5. The molecule has 1 aromatic rings. The summed E-state index contributed by atoms with van der Waals surface area (Å²) in [7, 11) is 1.61. The quantitative estimate of drug-likeness (QED) is 0.708. The largest absolute Gasteiger partial charge is 0.497 e. The number of nitrogens with one attached hydrogen (secondary N) is 1. The average molecular weight is 332 g/mol. The van der Waals surface area contributed by atoms with Crippen molar-refractivity contribution in [3.63, 3.8) is 0 Å². The minimum atomic E-state index is -0.533. The van der Waals surface area contributed by atoms with Gasteiger partial charge in [0.05, 0.1) is 7.11 Å². The van der Waals surface area contributed by atoms with E-state index in [4.69, 9.17) is 4.74 Å². The number of rotatable bonds is 9. The minimum Gasteiger partial charge on any atom is -0.497 e. The summed E-state index contributed by atoms with van der Waals surface area (Å²) in [4.78, 5) is 26.1. The van der Waals surface area contributed by atoms with Gasteiger partial charge in [-0.15, -0.1) is 0 Å². The van der Waals surface area contributed by atoms with Crippen LogP contribution in [0.25, 0.3) is 6.08 Å². The number of methoxy groups -OCH3 is 1. The number of unbranched alkanes of at least 4 members (excludes halogenated alkanes) is 1. The highest BCUT2D eigenvalue weighted by molar-refractivity contribution is 5.95.